The summed E-state index contributed by atoms with van der Waals surface area (Å²) in [6, 6.07) is 7.34. The molecular weight excluding hydrogens is 276 g/mol. The van der Waals surface area contributed by atoms with Crippen LogP contribution < -0.4 is 0 Å². The number of aryl methyl sites for hydroxylation is 1. The summed E-state index contributed by atoms with van der Waals surface area (Å²) in [5.41, 5.74) is 0.883. The maximum atomic E-state index is 11.2. The van der Waals surface area contributed by atoms with E-state index in [9.17, 15) is 17.2 Å². The minimum absolute atomic E-state index is 0.0381. The van der Waals surface area contributed by atoms with Crippen molar-refractivity contribution >= 4 is 32.0 Å². The van der Waals surface area contributed by atoms with Crippen LogP contribution in [0.3, 0.4) is 0 Å². The first-order valence-electron chi connectivity index (χ1n) is 4.92. The normalized spacial score (nSPS) is 13.7. The highest BCUT2D eigenvalue weighted by Gasteiger charge is 2.16. The first-order valence-corrected chi connectivity index (χ1v) is 7.46. The van der Waals surface area contributed by atoms with Crippen LogP contribution in [0.15, 0.2) is 40.1 Å². The Kier molecular flexibility index (Phi) is 3.24. The van der Waals surface area contributed by atoms with Gasteiger partial charge in [0.1, 0.15) is 0 Å². The van der Waals surface area contributed by atoms with Gasteiger partial charge in [0.05, 0.1) is 9.79 Å². The van der Waals surface area contributed by atoms with Gasteiger partial charge in [-0.05, 0) is 24.4 Å². The molecule has 0 spiro atoms. The van der Waals surface area contributed by atoms with Crippen molar-refractivity contribution < 1.29 is 21.7 Å². The standard InChI is InChI=1S/C11H10O5S2/c1-7-2-3-8-5-9(18(14,15)16)6-11(17(12)13)10(8)4-7/h2-6H,1H3,(H,12,13)(H,14,15,16). The van der Waals surface area contributed by atoms with Crippen molar-refractivity contribution in [3.8, 4) is 0 Å². The van der Waals surface area contributed by atoms with Crippen LogP contribution in [0.5, 0.6) is 0 Å². The predicted octanol–water partition coefficient (Wildman–Crippen LogP) is 1.98. The lowest BCUT2D eigenvalue weighted by Crippen LogP contribution is -2.01. The fourth-order valence-electron chi connectivity index (χ4n) is 1.70. The van der Waals surface area contributed by atoms with Crippen molar-refractivity contribution in [2.75, 3.05) is 0 Å². The Balaban J connectivity index is 2.92. The van der Waals surface area contributed by atoms with Crippen molar-refractivity contribution in [3.05, 3.63) is 35.9 Å². The number of hydrogen-bond donors (Lipinski definition) is 2. The second-order valence-corrected chi connectivity index (χ2v) is 6.23. The summed E-state index contributed by atoms with van der Waals surface area (Å²) < 4.78 is 51.6. The van der Waals surface area contributed by atoms with Gasteiger partial charge < -0.3 is 4.55 Å². The molecule has 96 valence electrons. The molecule has 0 bridgehead atoms. The van der Waals surface area contributed by atoms with Crippen LogP contribution in [-0.2, 0) is 21.2 Å². The Hall–Kier alpha value is -1.28. The highest BCUT2D eigenvalue weighted by molar-refractivity contribution is 7.86. The van der Waals surface area contributed by atoms with E-state index in [2.05, 4.69) is 0 Å². The van der Waals surface area contributed by atoms with Gasteiger partial charge in [-0.2, -0.15) is 8.42 Å². The van der Waals surface area contributed by atoms with Gasteiger partial charge >= 0.3 is 0 Å². The lowest BCUT2D eigenvalue weighted by molar-refractivity contribution is 0.483. The minimum Gasteiger partial charge on any atom is -0.302 e. The summed E-state index contributed by atoms with van der Waals surface area (Å²) in [6.07, 6.45) is 0. The van der Waals surface area contributed by atoms with Gasteiger partial charge in [0.25, 0.3) is 10.1 Å². The minimum atomic E-state index is -4.41. The Morgan fingerprint density at radius 3 is 2.39 bits per heavy atom. The highest BCUT2D eigenvalue weighted by atomic mass is 32.2. The van der Waals surface area contributed by atoms with Crippen LogP contribution in [0.4, 0.5) is 0 Å². The lowest BCUT2D eigenvalue weighted by Gasteiger charge is -2.07. The first kappa shape index (κ1) is 13.2. The summed E-state index contributed by atoms with van der Waals surface area (Å²) in [5.74, 6) is 0. The summed E-state index contributed by atoms with van der Waals surface area (Å²) >= 11 is -2.33. The van der Waals surface area contributed by atoms with Crippen molar-refractivity contribution in [2.24, 2.45) is 0 Å². The Labute approximate surface area is 106 Å². The van der Waals surface area contributed by atoms with E-state index < -0.39 is 26.1 Å². The van der Waals surface area contributed by atoms with E-state index in [0.717, 1.165) is 11.6 Å². The van der Waals surface area contributed by atoms with Crippen LogP contribution in [-0.4, -0.2) is 21.7 Å². The SMILES string of the molecule is Cc1ccc2cc(S(=O)(=O)O)cc(S(=O)O)c2c1. The van der Waals surface area contributed by atoms with Gasteiger partial charge in [0.2, 0.25) is 0 Å². The fraction of sp³-hybridized carbons (Fsp3) is 0.0909. The number of fused-ring (bicyclic) bond motifs is 1. The Bertz CT molecular complexity index is 749. The first-order chi connectivity index (χ1) is 8.29. The van der Waals surface area contributed by atoms with Gasteiger partial charge in [-0.1, -0.05) is 23.8 Å². The molecule has 2 aromatic rings. The molecule has 0 aliphatic heterocycles. The fourth-order valence-corrected chi connectivity index (χ4v) is 2.91. The molecule has 2 rings (SSSR count). The average Bonchev–Trinajstić information content (AvgIpc) is 2.25. The summed E-state index contributed by atoms with van der Waals surface area (Å²) in [6.45, 7) is 1.82. The topological polar surface area (TPSA) is 91.7 Å². The van der Waals surface area contributed by atoms with Gasteiger partial charge in [0.15, 0.2) is 11.1 Å². The highest BCUT2D eigenvalue weighted by Crippen LogP contribution is 2.26. The molecular formula is C11H10O5S2. The zero-order valence-electron chi connectivity index (χ0n) is 9.32. The molecule has 0 aliphatic carbocycles. The predicted molar refractivity (Wildman–Crippen MR) is 67.5 cm³/mol. The zero-order chi connectivity index (χ0) is 13.5. The third-order valence-corrected chi connectivity index (χ3v) is 4.08. The molecule has 5 nitrogen and oxygen atoms in total. The third-order valence-electron chi connectivity index (χ3n) is 2.53. The average molecular weight is 286 g/mol. The van der Waals surface area contributed by atoms with E-state index in [1.807, 2.05) is 6.92 Å². The molecule has 18 heavy (non-hydrogen) atoms. The second-order valence-electron chi connectivity index (χ2n) is 3.87. The van der Waals surface area contributed by atoms with Crippen LogP contribution >= 0.6 is 0 Å². The Morgan fingerprint density at radius 2 is 1.83 bits per heavy atom. The summed E-state index contributed by atoms with van der Waals surface area (Å²) in [7, 11) is -4.41. The van der Waals surface area contributed by atoms with Crippen molar-refractivity contribution in [1.82, 2.24) is 0 Å². The van der Waals surface area contributed by atoms with Crippen LogP contribution in [0, 0.1) is 6.92 Å². The van der Waals surface area contributed by atoms with Crippen LogP contribution in [0.25, 0.3) is 10.8 Å². The quantitative estimate of drug-likeness (QED) is 0.650. The molecule has 1 unspecified atom stereocenters. The molecule has 1 atom stereocenters. The molecule has 0 saturated heterocycles. The summed E-state index contributed by atoms with van der Waals surface area (Å²) in [5, 5.41) is 0.969. The van der Waals surface area contributed by atoms with Crippen molar-refractivity contribution in [2.45, 2.75) is 16.7 Å². The number of rotatable bonds is 2. The van der Waals surface area contributed by atoms with Gasteiger partial charge in [-0.3, -0.25) is 4.55 Å². The molecule has 7 heteroatoms. The van der Waals surface area contributed by atoms with Crippen molar-refractivity contribution in [1.29, 1.82) is 0 Å². The van der Waals surface area contributed by atoms with E-state index in [1.54, 1.807) is 18.2 Å². The number of benzene rings is 2. The molecule has 0 heterocycles. The molecule has 0 fully saturated rings. The second kappa shape index (κ2) is 4.43. The largest absolute Gasteiger partial charge is 0.302 e. The van der Waals surface area contributed by atoms with Crippen LogP contribution in [0.1, 0.15) is 5.56 Å². The lowest BCUT2D eigenvalue weighted by atomic mass is 10.1. The molecule has 0 aromatic heterocycles. The maximum Gasteiger partial charge on any atom is 0.294 e. The van der Waals surface area contributed by atoms with Gasteiger partial charge in [0, 0.05) is 5.39 Å². The monoisotopic (exact) mass is 286 g/mol. The molecule has 2 aromatic carbocycles. The van der Waals surface area contributed by atoms with E-state index in [4.69, 9.17) is 4.55 Å². The molecule has 0 saturated carbocycles. The maximum absolute atomic E-state index is 11.2. The van der Waals surface area contributed by atoms with Gasteiger partial charge in [-0.15, -0.1) is 0 Å². The van der Waals surface area contributed by atoms with E-state index >= 15 is 0 Å². The van der Waals surface area contributed by atoms with Crippen LogP contribution in [0.2, 0.25) is 0 Å². The molecule has 0 aliphatic rings. The van der Waals surface area contributed by atoms with Gasteiger partial charge in [-0.25, -0.2) is 4.21 Å². The third kappa shape index (κ3) is 2.44. The van der Waals surface area contributed by atoms with Crippen molar-refractivity contribution in [3.63, 3.8) is 0 Å². The molecule has 2 N–H and O–H groups in total. The number of hydrogen-bond acceptors (Lipinski definition) is 3. The van der Waals surface area contributed by atoms with E-state index in [-0.39, 0.29) is 4.90 Å². The molecule has 0 radical (unpaired) electrons. The molecule has 0 amide bonds. The Morgan fingerprint density at radius 1 is 1.17 bits per heavy atom. The zero-order valence-corrected chi connectivity index (χ0v) is 11.0. The summed E-state index contributed by atoms with van der Waals surface area (Å²) in [4.78, 5) is -0.430. The smallest absolute Gasteiger partial charge is 0.294 e. The van der Waals surface area contributed by atoms with E-state index in [1.165, 1.54) is 6.07 Å². The van der Waals surface area contributed by atoms with E-state index in [0.29, 0.717) is 10.8 Å².